The van der Waals surface area contributed by atoms with Crippen LogP contribution in [0.1, 0.15) is 23.7 Å². The Hall–Kier alpha value is -0.890. The summed E-state index contributed by atoms with van der Waals surface area (Å²) in [6.45, 7) is 3.24. The first kappa shape index (κ1) is 6.80. The highest BCUT2D eigenvalue weighted by atomic mass is 15.0. The van der Waals surface area contributed by atoms with Gasteiger partial charge in [0.2, 0.25) is 0 Å². The highest BCUT2D eigenvalue weighted by Gasteiger charge is 2.18. The van der Waals surface area contributed by atoms with Crippen molar-refractivity contribution in [2.75, 3.05) is 6.54 Å². The van der Waals surface area contributed by atoms with Gasteiger partial charge in [-0.15, -0.1) is 0 Å². The van der Waals surface area contributed by atoms with E-state index in [4.69, 9.17) is 0 Å². The van der Waals surface area contributed by atoms with E-state index in [-0.39, 0.29) is 0 Å². The van der Waals surface area contributed by atoms with Crippen molar-refractivity contribution in [2.45, 2.75) is 19.4 Å². The quantitative estimate of drug-likeness (QED) is 0.651. The summed E-state index contributed by atoms with van der Waals surface area (Å²) in [6.07, 6.45) is 3.11. The molecule has 1 aliphatic rings. The van der Waals surface area contributed by atoms with E-state index in [0.29, 0.717) is 6.04 Å². The van der Waals surface area contributed by atoms with Gasteiger partial charge in [-0.05, 0) is 37.6 Å². The summed E-state index contributed by atoms with van der Waals surface area (Å²) in [6, 6.07) is 4.70. The molecule has 1 atom stereocenters. The third kappa shape index (κ3) is 1.26. The molecule has 0 spiro atoms. The number of rotatable bonds is 1. The van der Waals surface area contributed by atoms with Crippen molar-refractivity contribution >= 4 is 0 Å². The van der Waals surface area contributed by atoms with E-state index in [0.717, 1.165) is 6.54 Å². The average Bonchev–Trinajstić information content (AvgIpc) is 1.83. The summed E-state index contributed by atoms with van der Waals surface area (Å²) in [7, 11) is 0. The maximum atomic E-state index is 4.30. The van der Waals surface area contributed by atoms with Crippen molar-refractivity contribution in [3.63, 3.8) is 0 Å². The van der Waals surface area contributed by atoms with Crippen LogP contribution in [0.5, 0.6) is 0 Å². The van der Waals surface area contributed by atoms with Crippen LogP contribution >= 0.6 is 0 Å². The average molecular weight is 148 g/mol. The van der Waals surface area contributed by atoms with Gasteiger partial charge in [-0.25, -0.2) is 0 Å². The molecule has 1 aliphatic heterocycles. The van der Waals surface area contributed by atoms with E-state index in [2.05, 4.69) is 23.3 Å². The van der Waals surface area contributed by atoms with E-state index >= 15 is 0 Å². The lowest BCUT2D eigenvalue weighted by molar-refractivity contribution is 0.375. The topological polar surface area (TPSA) is 24.9 Å². The number of nitrogens with zero attached hydrogens (tertiary/aromatic N) is 1. The minimum absolute atomic E-state index is 0.523. The molecule has 0 bridgehead atoms. The molecule has 1 saturated heterocycles. The standard InChI is InChI=1S/C9H12N2/c1-7-2-4-11-9(6-7)8-3-5-10-8/h2,4,6,8,10H,3,5H2,1H3/t8-/m0/s1. The summed E-state index contributed by atoms with van der Waals surface area (Å²) in [5, 5.41) is 3.33. The molecule has 0 amide bonds. The van der Waals surface area contributed by atoms with Gasteiger partial charge in [0, 0.05) is 6.20 Å². The largest absolute Gasteiger partial charge is 0.309 e. The number of pyridine rings is 1. The van der Waals surface area contributed by atoms with Gasteiger partial charge in [0.05, 0.1) is 11.7 Å². The van der Waals surface area contributed by atoms with Crippen LogP contribution in [-0.4, -0.2) is 11.5 Å². The Morgan fingerprint density at radius 1 is 1.64 bits per heavy atom. The fraction of sp³-hybridized carbons (Fsp3) is 0.444. The van der Waals surface area contributed by atoms with Crippen molar-refractivity contribution in [3.8, 4) is 0 Å². The Morgan fingerprint density at radius 2 is 2.45 bits per heavy atom. The van der Waals surface area contributed by atoms with Crippen LogP contribution in [-0.2, 0) is 0 Å². The molecule has 1 aromatic heterocycles. The van der Waals surface area contributed by atoms with E-state index in [9.17, 15) is 0 Å². The molecule has 2 rings (SSSR count). The normalized spacial score (nSPS) is 22.8. The minimum atomic E-state index is 0.523. The van der Waals surface area contributed by atoms with Crippen molar-refractivity contribution in [2.24, 2.45) is 0 Å². The van der Waals surface area contributed by atoms with Crippen LogP contribution < -0.4 is 5.32 Å². The molecule has 11 heavy (non-hydrogen) atoms. The van der Waals surface area contributed by atoms with E-state index in [1.807, 2.05) is 12.3 Å². The van der Waals surface area contributed by atoms with Gasteiger partial charge in [0.15, 0.2) is 0 Å². The maximum Gasteiger partial charge on any atom is 0.0576 e. The van der Waals surface area contributed by atoms with Crippen LogP contribution in [0, 0.1) is 6.92 Å². The molecule has 0 aliphatic carbocycles. The Labute approximate surface area is 66.7 Å². The highest BCUT2D eigenvalue weighted by Crippen LogP contribution is 2.20. The molecular weight excluding hydrogens is 136 g/mol. The van der Waals surface area contributed by atoms with Crippen molar-refractivity contribution in [1.82, 2.24) is 10.3 Å². The second-order valence-corrected chi connectivity index (χ2v) is 3.05. The van der Waals surface area contributed by atoms with Crippen LogP contribution in [0.3, 0.4) is 0 Å². The predicted octanol–water partition coefficient (Wildman–Crippen LogP) is 1.42. The molecule has 2 heteroatoms. The summed E-state index contributed by atoms with van der Waals surface area (Å²) in [5.74, 6) is 0. The van der Waals surface area contributed by atoms with Crippen LogP contribution in [0.2, 0.25) is 0 Å². The van der Waals surface area contributed by atoms with Gasteiger partial charge in [0.25, 0.3) is 0 Å². The third-order valence-corrected chi connectivity index (χ3v) is 2.12. The van der Waals surface area contributed by atoms with Gasteiger partial charge in [-0.3, -0.25) is 4.98 Å². The highest BCUT2D eigenvalue weighted by molar-refractivity contribution is 5.18. The lowest BCUT2D eigenvalue weighted by atomic mass is 10.0. The van der Waals surface area contributed by atoms with Crippen molar-refractivity contribution in [1.29, 1.82) is 0 Å². The zero-order valence-electron chi connectivity index (χ0n) is 6.67. The molecular formula is C9H12N2. The summed E-state index contributed by atoms with van der Waals surface area (Å²) in [4.78, 5) is 4.30. The third-order valence-electron chi connectivity index (χ3n) is 2.12. The summed E-state index contributed by atoms with van der Waals surface area (Å²) in [5.41, 5.74) is 2.49. The Bertz CT molecular complexity index is 253. The smallest absolute Gasteiger partial charge is 0.0576 e. The molecule has 58 valence electrons. The SMILES string of the molecule is Cc1ccnc([C@@H]2CCN2)c1. The fourth-order valence-corrected chi connectivity index (χ4v) is 1.29. The molecule has 0 saturated carbocycles. The molecule has 0 radical (unpaired) electrons. The summed E-state index contributed by atoms with van der Waals surface area (Å²) < 4.78 is 0. The van der Waals surface area contributed by atoms with Crippen LogP contribution in [0.15, 0.2) is 18.3 Å². The molecule has 1 fully saturated rings. The predicted molar refractivity (Wildman–Crippen MR) is 44.3 cm³/mol. The minimum Gasteiger partial charge on any atom is -0.309 e. The van der Waals surface area contributed by atoms with Gasteiger partial charge in [-0.1, -0.05) is 0 Å². The second kappa shape index (κ2) is 2.62. The van der Waals surface area contributed by atoms with Gasteiger partial charge >= 0.3 is 0 Å². The Kier molecular flexibility index (Phi) is 1.62. The van der Waals surface area contributed by atoms with Crippen molar-refractivity contribution in [3.05, 3.63) is 29.6 Å². The first-order valence-corrected chi connectivity index (χ1v) is 4.02. The first-order chi connectivity index (χ1) is 5.36. The zero-order valence-corrected chi connectivity index (χ0v) is 6.67. The van der Waals surface area contributed by atoms with Gasteiger partial charge < -0.3 is 5.32 Å². The monoisotopic (exact) mass is 148 g/mol. The lowest BCUT2D eigenvalue weighted by Crippen LogP contribution is -2.35. The van der Waals surface area contributed by atoms with Gasteiger partial charge in [-0.2, -0.15) is 0 Å². The number of nitrogens with one attached hydrogen (secondary N) is 1. The van der Waals surface area contributed by atoms with E-state index < -0.39 is 0 Å². The van der Waals surface area contributed by atoms with E-state index in [1.165, 1.54) is 17.7 Å². The maximum absolute atomic E-state index is 4.30. The summed E-state index contributed by atoms with van der Waals surface area (Å²) >= 11 is 0. The molecule has 2 heterocycles. The Balaban J connectivity index is 2.23. The zero-order chi connectivity index (χ0) is 7.68. The van der Waals surface area contributed by atoms with Crippen LogP contribution in [0.25, 0.3) is 0 Å². The number of hydrogen-bond donors (Lipinski definition) is 1. The molecule has 2 nitrogen and oxygen atoms in total. The van der Waals surface area contributed by atoms with Gasteiger partial charge in [0.1, 0.15) is 0 Å². The van der Waals surface area contributed by atoms with Crippen molar-refractivity contribution < 1.29 is 0 Å². The number of aryl methyl sites for hydroxylation is 1. The number of aromatic nitrogens is 1. The molecule has 0 aromatic carbocycles. The Morgan fingerprint density at radius 3 is 3.00 bits per heavy atom. The second-order valence-electron chi connectivity index (χ2n) is 3.05. The molecule has 1 N–H and O–H groups in total. The van der Waals surface area contributed by atoms with Crippen LogP contribution in [0.4, 0.5) is 0 Å². The fourth-order valence-electron chi connectivity index (χ4n) is 1.29. The molecule has 1 aromatic rings. The lowest BCUT2D eigenvalue weighted by Gasteiger charge is -2.26. The van der Waals surface area contributed by atoms with E-state index in [1.54, 1.807) is 0 Å². The first-order valence-electron chi connectivity index (χ1n) is 4.02. The number of hydrogen-bond acceptors (Lipinski definition) is 2. The molecule has 0 unspecified atom stereocenters.